The highest BCUT2D eigenvalue weighted by molar-refractivity contribution is 5.75. The number of carbonyl (C=O) groups is 9. The lowest BCUT2D eigenvalue weighted by atomic mass is 10.3. The Morgan fingerprint density at radius 3 is 0.380 bits per heavy atom. The Bertz CT molecular complexity index is 2140. The van der Waals surface area contributed by atoms with Crippen LogP contribution in [0.1, 0.15) is 178 Å². The first-order chi connectivity index (χ1) is 62.4. The van der Waals surface area contributed by atoms with E-state index in [-0.39, 0.29) is 53.2 Å². The van der Waals surface area contributed by atoms with Crippen molar-refractivity contribution in [2.45, 2.75) is 178 Å². The predicted octanol–water partition coefficient (Wildman–Crippen LogP) is -7.81. The molecular formula is C86H206N34O9. The fourth-order valence-electron chi connectivity index (χ4n) is 9.82. The molecule has 0 fully saturated rings. The van der Waals surface area contributed by atoms with Gasteiger partial charge in [0.25, 0.3) is 0 Å². The Kier molecular flexibility index (Phi) is 151. The molecule has 774 valence electrons. The molecule has 0 heterocycles. The maximum absolute atomic E-state index is 10.6. The summed E-state index contributed by atoms with van der Waals surface area (Å²) < 4.78 is 0. The zero-order chi connectivity index (χ0) is 98.0. The smallest absolute Gasteiger partial charge is 0.216 e. The quantitative estimate of drug-likeness (QED) is 0.0252. The van der Waals surface area contributed by atoms with Crippen LogP contribution in [0.5, 0.6) is 0 Å². The average Bonchev–Trinajstić information content (AvgIpc) is 1.15. The summed E-state index contributed by atoms with van der Waals surface area (Å²) in [5, 5.41) is 76.9. The number of carbonyl (C=O) groups excluding carboxylic acids is 9. The highest BCUT2D eigenvalue weighted by Crippen LogP contribution is 1.89. The molecule has 129 heavy (non-hydrogen) atoms. The van der Waals surface area contributed by atoms with Crippen LogP contribution in [0, 0.1) is 0 Å². The number of hydrogen-bond donors (Lipinski definition) is 34. The van der Waals surface area contributed by atoms with E-state index in [1.807, 2.05) is 0 Å². The van der Waals surface area contributed by atoms with E-state index in [1.165, 1.54) is 80.6 Å². The molecule has 0 unspecified atom stereocenters. The van der Waals surface area contributed by atoms with E-state index in [9.17, 15) is 43.2 Å². The second-order valence-electron chi connectivity index (χ2n) is 29.8. The fraction of sp³-hybridized carbons (Fsp3) is 0.895. The van der Waals surface area contributed by atoms with Crippen molar-refractivity contribution in [1.82, 2.24) is 133 Å². The van der Waals surface area contributed by atoms with Gasteiger partial charge >= 0.3 is 0 Å². The summed E-state index contributed by atoms with van der Waals surface area (Å²) in [6, 6.07) is 0. The topological polar surface area (TPSA) is 689 Å². The van der Waals surface area contributed by atoms with E-state index >= 15 is 0 Å². The van der Waals surface area contributed by atoms with Crippen LogP contribution in [0.4, 0.5) is 0 Å². The number of rotatable bonds is 84. The van der Waals surface area contributed by atoms with Gasteiger partial charge in [-0.3, -0.25) is 43.2 Å². The summed E-state index contributed by atoms with van der Waals surface area (Å²) in [6.45, 7) is 57.3. The summed E-state index contributed by atoms with van der Waals surface area (Å²) >= 11 is 0. The lowest BCUT2D eigenvalue weighted by Crippen LogP contribution is -2.34. The van der Waals surface area contributed by atoms with Crippen molar-refractivity contribution in [2.75, 3.05) is 327 Å². The lowest BCUT2D eigenvalue weighted by molar-refractivity contribution is -0.119. The highest BCUT2D eigenvalue weighted by atomic mass is 16.2. The number of nitrogens with two attached hydrogens (primary N) is 9. The van der Waals surface area contributed by atoms with E-state index in [1.54, 1.807) is 13.8 Å². The normalized spacial score (nSPS) is 10.2. The summed E-state index contributed by atoms with van der Waals surface area (Å²) in [5.41, 5.74) is 48.0. The molecule has 9 amide bonds. The largest absolute Gasteiger partial charge is 0.356 e. The molecule has 0 aliphatic heterocycles. The van der Waals surface area contributed by atoms with Gasteiger partial charge in [0.1, 0.15) is 0 Å². The second-order valence-corrected chi connectivity index (χ2v) is 29.8. The van der Waals surface area contributed by atoms with Gasteiger partial charge in [-0.2, -0.15) is 0 Å². The van der Waals surface area contributed by atoms with Crippen LogP contribution < -0.4 is 185 Å². The Hall–Kier alpha value is -5.77. The molecule has 0 saturated heterocycles. The van der Waals surface area contributed by atoms with Gasteiger partial charge in [-0.1, -0.05) is 0 Å². The van der Waals surface area contributed by atoms with Crippen LogP contribution in [0.25, 0.3) is 0 Å². The molecule has 0 aromatic heterocycles. The first-order valence-electron chi connectivity index (χ1n) is 48.3. The van der Waals surface area contributed by atoms with Crippen molar-refractivity contribution in [3.63, 3.8) is 0 Å². The summed E-state index contributed by atoms with van der Waals surface area (Å²) in [4.78, 5) is 94.4. The molecular weight excluding hydrogens is 1650 g/mol. The van der Waals surface area contributed by atoms with E-state index in [4.69, 9.17) is 51.6 Å². The molecule has 0 spiro atoms. The maximum atomic E-state index is 10.6. The molecule has 43 heteroatoms. The van der Waals surface area contributed by atoms with Crippen molar-refractivity contribution < 1.29 is 43.2 Å². The van der Waals surface area contributed by atoms with Crippen LogP contribution in [-0.4, -0.2) is 380 Å². The minimum Gasteiger partial charge on any atom is -0.356 e. The van der Waals surface area contributed by atoms with Gasteiger partial charge in [-0.05, 0) is 273 Å². The monoisotopic (exact) mass is 1860 g/mol. The third-order valence-electron chi connectivity index (χ3n) is 16.6. The minimum atomic E-state index is 0.0191. The minimum absolute atomic E-state index is 0.0191. The van der Waals surface area contributed by atoms with Gasteiger partial charge in [-0.15, -0.1) is 0 Å². The third kappa shape index (κ3) is 191. The Balaban J connectivity index is -0.000000180. The van der Waals surface area contributed by atoms with Gasteiger partial charge < -0.3 is 185 Å². The van der Waals surface area contributed by atoms with Gasteiger partial charge in [0.15, 0.2) is 0 Å². The van der Waals surface area contributed by atoms with Crippen LogP contribution in [0.2, 0.25) is 0 Å². The maximum Gasteiger partial charge on any atom is 0.216 e. The van der Waals surface area contributed by atoms with Crippen LogP contribution in [0.15, 0.2) is 0 Å². The van der Waals surface area contributed by atoms with Crippen LogP contribution >= 0.6 is 0 Å². The van der Waals surface area contributed by atoms with E-state index in [0.29, 0.717) is 72.0 Å². The molecule has 0 aromatic carbocycles. The Morgan fingerprint density at radius 2 is 0.225 bits per heavy atom. The van der Waals surface area contributed by atoms with Crippen molar-refractivity contribution >= 4 is 53.2 Å². The molecule has 0 atom stereocenters. The fourth-order valence-corrected chi connectivity index (χ4v) is 9.82. The van der Waals surface area contributed by atoms with Gasteiger partial charge in [0.2, 0.25) is 53.2 Å². The molecule has 0 saturated carbocycles. The van der Waals surface area contributed by atoms with E-state index < -0.39 is 0 Å². The summed E-state index contributed by atoms with van der Waals surface area (Å²) in [5.74, 6) is 0.296. The third-order valence-corrected chi connectivity index (χ3v) is 16.6. The first-order valence-corrected chi connectivity index (χ1v) is 48.3. The molecule has 0 bridgehead atoms. The van der Waals surface area contributed by atoms with Gasteiger partial charge in [0.05, 0.1) is 0 Å². The van der Waals surface area contributed by atoms with Crippen molar-refractivity contribution in [1.29, 1.82) is 0 Å². The number of unbranched alkanes of at least 4 members (excludes halogenated alkanes) is 4. The van der Waals surface area contributed by atoms with Crippen LogP contribution in [-0.2, 0) is 43.2 Å². The molecule has 0 rings (SSSR count). The molecule has 0 radical (unpaired) electrons. The Labute approximate surface area is 782 Å². The molecule has 0 aromatic rings. The molecule has 0 aliphatic rings. The highest BCUT2D eigenvalue weighted by Gasteiger charge is 2.01. The summed E-state index contributed by atoms with van der Waals surface area (Å²) in [6.07, 6.45) is 19.6. The van der Waals surface area contributed by atoms with Crippen molar-refractivity contribution in [2.24, 2.45) is 51.6 Å². The van der Waals surface area contributed by atoms with Crippen molar-refractivity contribution in [3.05, 3.63) is 0 Å². The lowest BCUT2D eigenvalue weighted by Gasteiger charge is -2.07. The predicted molar refractivity (Wildman–Crippen MR) is 539 cm³/mol. The zero-order valence-electron chi connectivity index (χ0n) is 83.0. The Morgan fingerprint density at radius 1 is 0.116 bits per heavy atom. The van der Waals surface area contributed by atoms with Gasteiger partial charge in [-0.25, -0.2) is 0 Å². The first kappa shape index (κ1) is 141. The standard InChI is InChI=1S/C14H33N5O.2C11H26N4O.C10H24N4O.2C9H22N4O.C8H19N3O.2C7H17N3O/c1-14(20)19-12-5-11-17-8-3-2-7-16-9-4-10-18-13-6-15;1-11(16)15-9-4-8-13-6-2-3-7-14-10-5-12;1-11(16)15-10-9-14-7-3-2-6-13-8-4-5-12;1-10(15)14-8-3-7-12-5-2-6-13-9-4-11;1-9(14)13-8-7-12-5-2-4-11-6-3-10;1-9(14)13-8-7-12-6-5-11-4-2-3-10;1-8(12)11-7-6-10-5-3-2-4-9;1-7(11)10-5-2-4-9-6-3-8;1-7(11)10-6-5-9-4-2-3-8/h16-18H,2-13,15H2,1H3,(H,19,20);2*13-14H,2-10,12H2,1H3,(H,15,16);12-13H,2-9,11H2,1H3,(H,14,15);2*11-12H,2-8,10H2,1H3,(H,13,14);10H,2-7,9H2,1H3,(H,11,12);2*9H,2-6,8H2,1H3,(H,10,11). The van der Waals surface area contributed by atoms with E-state index in [2.05, 4.69) is 133 Å². The van der Waals surface area contributed by atoms with Crippen molar-refractivity contribution in [3.8, 4) is 0 Å². The second kappa shape index (κ2) is 138. The SMILES string of the molecule is CC(=O)NCCCNCCCCNCCCNCCN.CC(=O)NCCCNCCCCNCCN.CC(=O)NCCCNCCCNCCN.CC(=O)NCCCNCCN.CC(=O)NCCNCCCCN.CC(=O)NCCNCCCCNCCCN.CC(=O)NCCNCCCN.CC(=O)NCCNCCCNCCN.CC(=O)NCCNCCNCCCN. The zero-order valence-corrected chi connectivity index (χ0v) is 83.0. The van der Waals surface area contributed by atoms with Crippen LogP contribution in [0.3, 0.4) is 0 Å². The molecule has 43 N–H and O–H groups in total. The van der Waals surface area contributed by atoms with E-state index in [0.717, 1.165) is 339 Å². The average molecular weight is 1860 g/mol. The number of nitrogens with one attached hydrogen (secondary N) is 25. The summed E-state index contributed by atoms with van der Waals surface area (Å²) in [7, 11) is 0. The number of hydrogen-bond acceptors (Lipinski definition) is 34. The molecule has 43 nitrogen and oxygen atoms in total. The number of amides is 9. The van der Waals surface area contributed by atoms with Gasteiger partial charge in [0, 0.05) is 232 Å². The molecule has 0 aliphatic carbocycles.